The Morgan fingerprint density at radius 1 is 1.10 bits per heavy atom. The van der Waals surface area contributed by atoms with Crippen molar-refractivity contribution in [3.05, 3.63) is 70.0 Å². The Kier molecular flexibility index (Phi) is 6.09. The lowest BCUT2D eigenvalue weighted by atomic mass is 10.2. The molecule has 0 atom stereocenters. The molecule has 0 saturated carbocycles. The van der Waals surface area contributed by atoms with Crippen molar-refractivity contribution >= 4 is 43.2 Å². The van der Waals surface area contributed by atoms with Crippen LogP contribution in [-0.2, 0) is 21.4 Å². The molecule has 1 aromatic heterocycles. The zero-order chi connectivity index (χ0) is 21.2. The predicted molar refractivity (Wildman–Crippen MR) is 116 cm³/mol. The van der Waals surface area contributed by atoms with Crippen LogP contribution < -0.4 is 10.0 Å². The van der Waals surface area contributed by atoms with Crippen LogP contribution in [0.25, 0.3) is 0 Å². The molecule has 0 aliphatic heterocycles. The van der Waals surface area contributed by atoms with Gasteiger partial charge < -0.3 is 5.32 Å². The van der Waals surface area contributed by atoms with Crippen molar-refractivity contribution < 1.29 is 13.2 Å². The maximum atomic E-state index is 12.7. The summed E-state index contributed by atoms with van der Waals surface area (Å²) in [7, 11) is -3.75. The fourth-order valence-corrected chi connectivity index (χ4v) is 4.20. The number of hydrogen-bond donors (Lipinski definition) is 2. The molecule has 0 bridgehead atoms. The Balaban J connectivity index is 1.78. The van der Waals surface area contributed by atoms with Crippen molar-refractivity contribution in [2.75, 3.05) is 10.0 Å². The topological polar surface area (TPSA) is 93.1 Å². The first-order valence-corrected chi connectivity index (χ1v) is 11.1. The molecule has 3 rings (SSSR count). The van der Waals surface area contributed by atoms with Crippen LogP contribution >= 0.6 is 15.9 Å². The van der Waals surface area contributed by atoms with E-state index >= 15 is 0 Å². The second-order valence-electron chi connectivity index (χ2n) is 6.65. The molecule has 2 aromatic carbocycles. The van der Waals surface area contributed by atoms with E-state index in [1.54, 1.807) is 30.3 Å². The monoisotopic (exact) mass is 476 g/mol. The molecule has 0 spiro atoms. The molecule has 29 heavy (non-hydrogen) atoms. The average molecular weight is 477 g/mol. The number of hydrogen-bond acceptors (Lipinski definition) is 4. The number of rotatable bonds is 6. The highest BCUT2D eigenvalue weighted by atomic mass is 79.9. The molecular weight excluding hydrogens is 456 g/mol. The third-order valence-electron chi connectivity index (χ3n) is 4.29. The van der Waals surface area contributed by atoms with Crippen LogP contribution in [0.2, 0.25) is 0 Å². The van der Waals surface area contributed by atoms with Crippen molar-refractivity contribution in [1.29, 1.82) is 0 Å². The van der Waals surface area contributed by atoms with Crippen molar-refractivity contribution in [3.8, 4) is 0 Å². The van der Waals surface area contributed by atoms with E-state index in [4.69, 9.17) is 0 Å². The van der Waals surface area contributed by atoms with Crippen molar-refractivity contribution in [1.82, 2.24) is 9.78 Å². The van der Waals surface area contributed by atoms with E-state index in [0.717, 1.165) is 21.4 Å². The number of sulfonamides is 1. The van der Waals surface area contributed by atoms with Crippen molar-refractivity contribution in [2.45, 2.75) is 32.2 Å². The minimum absolute atomic E-state index is 0.111. The van der Waals surface area contributed by atoms with Crippen LogP contribution in [0.5, 0.6) is 0 Å². The van der Waals surface area contributed by atoms with Gasteiger partial charge in [0, 0.05) is 18.3 Å². The summed E-state index contributed by atoms with van der Waals surface area (Å²) in [6.45, 7) is 5.82. The first-order valence-electron chi connectivity index (χ1n) is 8.84. The molecule has 0 unspecified atom stereocenters. The molecule has 1 heterocycles. The third kappa shape index (κ3) is 5.04. The van der Waals surface area contributed by atoms with Crippen molar-refractivity contribution in [2.24, 2.45) is 0 Å². The lowest BCUT2D eigenvalue weighted by Gasteiger charge is -2.11. The van der Waals surface area contributed by atoms with Gasteiger partial charge in [0.25, 0.3) is 10.0 Å². The van der Waals surface area contributed by atoms with E-state index in [0.29, 0.717) is 17.9 Å². The molecule has 2 N–H and O–H groups in total. The van der Waals surface area contributed by atoms with Gasteiger partial charge in [0.05, 0.1) is 27.3 Å². The van der Waals surface area contributed by atoms with Gasteiger partial charge in [-0.2, -0.15) is 5.10 Å². The smallest absolute Gasteiger partial charge is 0.261 e. The number of nitrogens with one attached hydrogen (secondary N) is 2. The van der Waals surface area contributed by atoms with Crippen LogP contribution in [0.3, 0.4) is 0 Å². The average Bonchev–Trinajstić information content (AvgIpc) is 2.88. The predicted octanol–water partition coefficient (Wildman–Crippen LogP) is 4.07. The van der Waals surface area contributed by atoms with E-state index in [1.807, 2.05) is 24.6 Å². The van der Waals surface area contributed by atoms with Crippen LogP contribution in [0, 0.1) is 13.8 Å². The van der Waals surface area contributed by atoms with Gasteiger partial charge >= 0.3 is 0 Å². The summed E-state index contributed by atoms with van der Waals surface area (Å²) in [5, 5.41) is 7.09. The summed E-state index contributed by atoms with van der Waals surface area (Å²) >= 11 is 3.51. The Bertz CT molecular complexity index is 1150. The van der Waals surface area contributed by atoms with Gasteiger partial charge in [-0.3, -0.25) is 14.2 Å². The van der Waals surface area contributed by atoms with E-state index in [9.17, 15) is 13.2 Å². The number of benzene rings is 2. The maximum absolute atomic E-state index is 12.7. The maximum Gasteiger partial charge on any atom is 0.261 e. The number of halogens is 1. The molecule has 0 aliphatic rings. The molecule has 0 radical (unpaired) electrons. The molecule has 9 heteroatoms. The second-order valence-corrected chi connectivity index (χ2v) is 9.13. The largest absolute Gasteiger partial charge is 0.326 e. The molecule has 152 valence electrons. The Morgan fingerprint density at radius 2 is 1.79 bits per heavy atom. The third-order valence-corrected chi connectivity index (χ3v) is 6.83. The minimum Gasteiger partial charge on any atom is -0.326 e. The minimum atomic E-state index is -3.75. The summed E-state index contributed by atoms with van der Waals surface area (Å²) in [5.41, 5.74) is 3.84. The number of aromatic nitrogens is 2. The quantitative estimate of drug-likeness (QED) is 0.560. The van der Waals surface area contributed by atoms with E-state index < -0.39 is 10.0 Å². The van der Waals surface area contributed by atoms with E-state index in [2.05, 4.69) is 31.1 Å². The standard InChI is InChI=1S/C20H21BrN4O3S/c1-13-20(21)14(2)25(23-13)12-16-5-4-6-18(11-16)24-29(27,28)19-9-7-17(8-10-19)22-15(3)26/h4-11,24H,12H2,1-3H3,(H,22,26). The highest BCUT2D eigenvalue weighted by Crippen LogP contribution is 2.22. The van der Waals surface area contributed by atoms with Crippen molar-refractivity contribution in [3.63, 3.8) is 0 Å². The number of carbonyl (C=O) groups is 1. The number of amides is 1. The van der Waals surface area contributed by atoms with Crippen LogP contribution in [0.1, 0.15) is 23.9 Å². The number of anilines is 2. The van der Waals surface area contributed by atoms with E-state index in [-0.39, 0.29) is 10.8 Å². The number of aryl methyl sites for hydroxylation is 1. The summed E-state index contributed by atoms with van der Waals surface area (Å²) < 4.78 is 30.8. The highest BCUT2D eigenvalue weighted by molar-refractivity contribution is 9.10. The molecule has 1 amide bonds. The van der Waals surface area contributed by atoms with Crippen LogP contribution in [0.15, 0.2) is 57.9 Å². The zero-order valence-electron chi connectivity index (χ0n) is 16.2. The molecule has 0 fully saturated rings. The van der Waals surface area contributed by atoms with Gasteiger partial charge in [-0.1, -0.05) is 12.1 Å². The number of carbonyl (C=O) groups excluding carboxylic acids is 1. The molecule has 3 aromatic rings. The summed E-state index contributed by atoms with van der Waals surface area (Å²) in [4.78, 5) is 11.2. The number of nitrogens with zero attached hydrogens (tertiary/aromatic N) is 2. The van der Waals surface area contributed by atoms with Crippen LogP contribution in [-0.4, -0.2) is 24.1 Å². The molecule has 7 nitrogen and oxygen atoms in total. The summed E-state index contributed by atoms with van der Waals surface area (Å²) in [6, 6.07) is 13.2. The van der Waals surface area contributed by atoms with Gasteiger partial charge in [-0.25, -0.2) is 8.42 Å². The lowest BCUT2D eigenvalue weighted by molar-refractivity contribution is -0.114. The fraction of sp³-hybridized carbons (Fsp3) is 0.200. The Hall–Kier alpha value is -2.65. The molecular formula is C20H21BrN4O3S. The first-order chi connectivity index (χ1) is 13.7. The highest BCUT2D eigenvalue weighted by Gasteiger charge is 2.15. The molecule has 0 saturated heterocycles. The van der Waals surface area contributed by atoms with Gasteiger partial charge in [0.1, 0.15) is 0 Å². The van der Waals surface area contributed by atoms with Gasteiger partial charge in [0.15, 0.2) is 0 Å². The summed E-state index contributed by atoms with van der Waals surface area (Å²) in [6.07, 6.45) is 0. The van der Waals surface area contributed by atoms with Gasteiger partial charge in [-0.15, -0.1) is 0 Å². The van der Waals surface area contributed by atoms with E-state index in [1.165, 1.54) is 19.1 Å². The second kappa shape index (κ2) is 8.38. The zero-order valence-corrected chi connectivity index (χ0v) is 18.6. The van der Waals surface area contributed by atoms with Crippen LogP contribution in [0.4, 0.5) is 11.4 Å². The first kappa shape index (κ1) is 21.1. The Labute approximate surface area is 178 Å². The Morgan fingerprint density at radius 3 is 2.38 bits per heavy atom. The SMILES string of the molecule is CC(=O)Nc1ccc(S(=O)(=O)Nc2cccc(Cn3nc(C)c(Br)c3C)c2)cc1. The fourth-order valence-electron chi connectivity index (χ4n) is 2.87. The van der Waals surface area contributed by atoms with Gasteiger partial charge in [-0.05, 0) is 71.7 Å². The normalized spacial score (nSPS) is 11.3. The lowest BCUT2D eigenvalue weighted by Crippen LogP contribution is -2.13. The van der Waals surface area contributed by atoms with Gasteiger partial charge in [0.2, 0.25) is 5.91 Å². The molecule has 0 aliphatic carbocycles. The summed E-state index contributed by atoms with van der Waals surface area (Å²) in [5.74, 6) is -0.217.